The summed E-state index contributed by atoms with van der Waals surface area (Å²) in [6.45, 7) is 2.78. The summed E-state index contributed by atoms with van der Waals surface area (Å²) in [6, 6.07) is 21.9. The first kappa shape index (κ1) is 21.3. The van der Waals surface area contributed by atoms with Crippen LogP contribution in [-0.2, 0) is 6.54 Å². The first-order chi connectivity index (χ1) is 14.1. The van der Waals surface area contributed by atoms with Gasteiger partial charge in [-0.2, -0.15) is 0 Å². The van der Waals surface area contributed by atoms with Gasteiger partial charge in [0.2, 0.25) is 0 Å². The van der Waals surface area contributed by atoms with Crippen molar-refractivity contribution >= 4 is 34.4 Å². The molecule has 0 fully saturated rings. The lowest BCUT2D eigenvalue weighted by molar-refractivity contribution is 0.347. The average Bonchev–Trinajstić information content (AvgIpc) is 3.22. The maximum atomic E-state index is 5.86. The second kappa shape index (κ2) is 11.0. The van der Waals surface area contributed by atoms with Gasteiger partial charge in [-0.3, -0.25) is 0 Å². The number of thiocarbonyl (C=S) groups is 1. The zero-order valence-electron chi connectivity index (χ0n) is 16.9. The fourth-order valence-electron chi connectivity index (χ4n) is 2.85. The summed E-state index contributed by atoms with van der Waals surface area (Å²) in [7, 11) is 4.19. The van der Waals surface area contributed by atoms with E-state index in [9.17, 15) is 0 Å². The molecule has 4 nitrogen and oxygen atoms in total. The van der Waals surface area contributed by atoms with Crippen LogP contribution in [0.15, 0.2) is 72.1 Å². The molecule has 3 rings (SSSR count). The molecule has 0 unspecified atom stereocenters. The molecule has 152 valence electrons. The van der Waals surface area contributed by atoms with E-state index in [0.717, 1.165) is 48.4 Å². The maximum absolute atomic E-state index is 5.86. The maximum Gasteiger partial charge on any atom is 0.173 e. The van der Waals surface area contributed by atoms with Gasteiger partial charge in [0.05, 0.1) is 6.54 Å². The number of hydrogen-bond acceptors (Lipinski definition) is 4. The minimum absolute atomic E-state index is 0.744. The number of ether oxygens (including phenoxy) is 1. The Morgan fingerprint density at radius 3 is 2.31 bits per heavy atom. The van der Waals surface area contributed by atoms with Crippen LogP contribution >= 0.6 is 23.6 Å². The number of nitrogens with zero attached hydrogens (tertiary/aromatic N) is 2. The van der Waals surface area contributed by atoms with Gasteiger partial charge < -0.3 is 19.9 Å². The first-order valence-electron chi connectivity index (χ1n) is 9.66. The number of benzene rings is 2. The zero-order chi connectivity index (χ0) is 20.5. The smallest absolute Gasteiger partial charge is 0.173 e. The summed E-state index contributed by atoms with van der Waals surface area (Å²) in [5.41, 5.74) is 0.958. The summed E-state index contributed by atoms with van der Waals surface area (Å²) in [5, 5.41) is 6.23. The predicted molar refractivity (Wildman–Crippen MR) is 127 cm³/mol. The van der Waals surface area contributed by atoms with Crippen molar-refractivity contribution in [3.05, 3.63) is 77.0 Å². The third kappa shape index (κ3) is 7.16. The van der Waals surface area contributed by atoms with Crippen molar-refractivity contribution in [2.24, 2.45) is 0 Å². The van der Waals surface area contributed by atoms with Crippen LogP contribution in [0.2, 0.25) is 0 Å². The molecule has 0 aliphatic heterocycles. The predicted octanol–water partition coefficient (Wildman–Crippen LogP) is 5.69. The Kier molecular flexibility index (Phi) is 8.04. The molecule has 1 heterocycles. The number of para-hydroxylation sites is 1. The fourth-order valence-corrected chi connectivity index (χ4v) is 3.85. The van der Waals surface area contributed by atoms with Crippen molar-refractivity contribution < 1.29 is 4.74 Å². The highest BCUT2D eigenvalue weighted by Gasteiger charge is 2.12. The van der Waals surface area contributed by atoms with Gasteiger partial charge in [0.15, 0.2) is 5.11 Å². The highest BCUT2D eigenvalue weighted by Crippen LogP contribution is 2.23. The molecule has 1 aromatic heterocycles. The van der Waals surface area contributed by atoms with Crippen molar-refractivity contribution in [2.75, 3.05) is 32.5 Å². The minimum atomic E-state index is 0.744. The average molecular weight is 426 g/mol. The second-order valence-corrected chi connectivity index (χ2v) is 8.45. The highest BCUT2D eigenvalue weighted by atomic mass is 32.1. The summed E-state index contributed by atoms with van der Waals surface area (Å²) in [4.78, 5) is 5.75. The van der Waals surface area contributed by atoms with E-state index in [1.54, 1.807) is 11.3 Å². The standard InChI is InChI=1S/C23H27N3OS2/c1-25(2)15-7-16-26(18-22-10-6-17-29-22)23(28)24-19-11-13-21(14-12-19)27-20-8-4-3-5-9-20/h3-6,8-14,17H,7,15-16,18H2,1-2H3,(H,24,28). The lowest BCUT2D eigenvalue weighted by Crippen LogP contribution is -2.35. The van der Waals surface area contributed by atoms with E-state index in [2.05, 4.69) is 46.7 Å². The highest BCUT2D eigenvalue weighted by molar-refractivity contribution is 7.80. The molecule has 1 N–H and O–H groups in total. The van der Waals surface area contributed by atoms with Crippen molar-refractivity contribution in [1.29, 1.82) is 0 Å². The second-order valence-electron chi connectivity index (χ2n) is 7.03. The van der Waals surface area contributed by atoms with Gasteiger partial charge in [0.1, 0.15) is 11.5 Å². The monoisotopic (exact) mass is 425 g/mol. The topological polar surface area (TPSA) is 27.7 Å². The van der Waals surface area contributed by atoms with Crippen molar-refractivity contribution in [3.63, 3.8) is 0 Å². The molecule has 6 heteroatoms. The summed E-state index contributed by atoms with van der Waals surface area (Å²) < 4.78 is 5.86. The Morgan fingerprint density at radius 2 is 1.66 bits per heavy atom. The minimum Gasteiger partial charge on any atom is -0.457 e. The third-order valence-electron chi connectivity index (χ3n) is 4.33. The van der Waals surface area contributed by atoms with E-state index in [-0.39, 0.29) is 0 Å². The number of anilines is 1. The van der Waals surface area contributed by atoms with Crippen LogP contribution in [0.1, 0.15) is 11.3 Å². The van der Waals surface area contributed by atoms with E-state index in [4.69, 9.17) is 17.0 Å². The van der Waals surface area contributed by atoms with E-state index < -0.39 is 0 Å². The fraction of sp³-hybridized carbons (Fsp3) is 0.261. The molecule has 0 bridgehead atoms. The Labute approximate surface area is 182 Å². The number of thiophene rings is 1. The van der Waals surface area contributed by atoms with Crippen LogP contribution in [0.5, 0.6) is 11.5 Å². The van der Waals surface area contributed by atoms with Gasteiger partial charge >= 0.3 is 0 Å². The van der Waals surface area contributed by atoms with Gasteiger partial charge in [-0.25, -0.2) is 0 Å². The third-order valence-corrected chi connectivity index (χ3v) is 5.55. The van der Waals surface area contributed by atoms with Gasteiger partial charge in [-0.05, 0) is 87.1 Å². The van der Waals surface area contributed by atoms with Gasteiger partial charge in [-0.1, -0.05) is 24.3 Å². The normalized spacial score (nSPS) is 10.7. The van der Waals surface area contributed by atoms with E-state index in [1.807, 2.05) is 54.6 Å². The summed E-state index contributed by atoms with van der Waals surface area (Å²) >= 11 is 7.48. The quantitative estimate of drug-likeness (QED) is 0.445. The molecular formula is C23H27N3OS2. The van der Waals surface area contributed by atoms with Crippen molar-refractivity contribution in [1.82, 2.24) is 9.80 Å². The van der Waals surface area contributed by atoms with Gasteiger partial charge in [0, 0.05) is 17.1 Å². The molecule has 2 aromatic carbocycles. The van der Waals surface area contributed by atoms with Crippen molar-refractivity contribution in [2.45, 2.75) is 13.0 Å². The molecular weight excluding hydrogens is 398 g/mol. The molecule has 0 saturated carbocycles. The number of nitrogens with one attached hydrogen (secondary N) is 1. The number of rotatable bonds is 9. The molecule has 0 amide bonds. The summed E-state index contributed by atoms with van der Waals surface area (Å²) in [6.07, 6.45) is 1.06. The van der Waals surface area contributed by atoms with E-state index >= 15 is 0 Å². The molecule has 0 saturated heterocycles. The lowest BCUT2D eigenvalue weighted by Gasteiger charge is -2.26. The molecule has 0 spiro atoms. The van der Waals surface area contributed by atoms with Crippen LogP contribution in [0.4, 0.5) is 5.69 Å². The SMILES string of the molecule is CN(C)CCCN(Cc1cccs1)C(=S)Nc1ccc(Oc2ccccc2)cc1. The summed E-state index contributed by atoms with van der Waals surface area (Å²) in [5.74, 6) is 1.63. The largest absolute Gasteiger partial charge is 0.457 e. The van der Waals surface area contributed by atoms with E-state index in [0.29, 0.717) is 0 Å². The number of hydrogen-bond donors (Lipinski definition) is 1. The molecule has 0 aliphatic carbocycles. The Balaban J connectivity index is 1.60. The van der Waals surface area contributed by atoms with Crippen molar-refractivity contribution in [3.8, 4) is 11.5 Å². The van der Waals surface area contributed by atoms with Crippen LogP contribution in [0.25, 0.3) is 0 Å². The van der Waals surface area contributed by atoms with E-state index in [1.165, 1.54) is 4.88 Å². The molecule has 29 heavy (non-hydrogen) atoms. The van der Waals surface area contributed by atoms with Gasteiger partial charge in [-0.15, -0.1) is 11.3 Å². The van der Waals surface area contributed by atoms with Crippen LogP contribution < -0.4 is 10.1 Å². The first-order valence-corrected chi connectivity index (χ1v) is 10.9. The molecule has 0 aliphatic rings. The Morgan fingerprint density at radius 1 is 0.931 bits per heavy atom. The Hall–Kier alpha value is -2.41. The zero-order valence-corrected chi connectivity index (χ0v) is 18.5. The molecule has 0 radical (unpaired) electrons. The van der Waals surface area contributed by atoms with Gasteiger partial charge in [0.25, 0.3) is 0 Å². The molecule has 0 atom stereocenters. The van der Waals surface area contributed by atoms with Crippen LogP contribution in [-0.4, -0.2) is 42.1 Å². The Bertz CT molecular complexity index is 865. The van der Waals surface area contributed by atoms with Crippen LogP contribution in [0, 0.1) is 0 Å². The van der Waals surface area contributed by atoms with Crippen LogP contribution in [0.3, 0.4) is 0 Å². The lowest BCUT2D eigenvalue weighted by atomic mass is 10.3. The molecule has 3 aromatic rings.